The van der Waals surface area contributed by atoms with E-state index in [-0.39, 0.29) is 5.54 Å². The van der Waals surface area contributed by atoms with Gasteiger partial charge in [0.2, 0.25) is 5.91 Å². The number of hydrogen-bond acceptors (Lipinski definition) is 3. The standard InChI is InChI=1S/C12H20N2O2/c15-11-12(4-1-2-5-12)13-9-14(11)7-10-3-6-16-8-10/h10,13H,1-9H2. The van der Waals surface area contributed by atoms with E-state index >= 15 is 0 Å². The minimum Gasteiger partial charge on any atom is -0.381 e. The topological polar surface area (TPSA) is 41.6 Å². The molecule has 2 heterocycles. The third-order valence-corrected chi connectivity index (χ3v) is 4.26. The predicted molar refractivity (Wildman–Crippen MR) is 59.8 cm³/mol. The van der Waals surface area contributed by atoms with Gasteiger partial charge in [-0.1, -0.05) is 12.8 Å². The van der Waals surface area contributed by atoms with E-state index in [9.17, 15) is 4.79 Å². The number of nitrogens with zero attached hydrogens (tertiary/aromatic N) is 1. The largest absolute Gasteiger partial charge is 0.381 e. The molecular weight excluding hydrogens is 204 g/mol. The molecule has 1 atom stereocenters. The molecule has 4 nitrogen and oxygen atoms in total. The highest BCUT2D eigenvalue weighted by molar-refractivity contribution is 5.88. The second-order valence-corrected chi connectivity index (χ2v) is 5.38. The zero-order valence-corrected chi connectivity index (χ0v) is 9.71. The smallest absolute Gasteiger partial charge is 0.243 e. The molecule has 0 bridgehead atoms. The predicted octanol–water partition coefficient (Wildman–Crippen LogP) is 0.725. The zero-order valence-electron chi connectivity index (χ0n) is 9.71. The zero-order chi connectivity index (χ0) is 11.0. The summed E-state index contributed by atoms with van der Waals surface area (Å²) in [7, 11) is 0. The quantitative estimate of drug-likeness (QED) is 0.751. The van der Waals surface area contributed by atoms with Gasteiger partial charge < -0.3 is 9.64 Å². The van der Waals surface area contributed by atoms with Crippen LogP contribution in [0.15, 0.2) is 0 Å². The van der Waals surface area contributed by atoms with Crippen molar-refractivity contribution in [2.45, 2.75) is 37.6 Å². The van der Waals surface area contributed by atoms with Crippen LogP contribution in [-0.4, -0.2) is 42.8 Å². The summed E-state index contributed by atoms with van der Waals surface area (Å²) < 4.78 is 5.36. The highest BCUT2D eigenvalue weighted by Crippen LogP contribution is 2.34. The molecule has 1 spiro atoms. The first-order valence-electron chi connectivity index (χ1n) is 6.42. The fourth-order valence-corrected chi connectivity index (χ4v) is 3.25. The molecule has 3 fully saturated rings. The summed E-state index contributed by atoms with van der Waals surface area (Å²) in [6.07, 6.45) is 5.56. The van der Waals surface area contributed by atoms with E-state index in [4.69, 9.17) is 4.74 Å². The molecule has 3 aliphatic rings. The fourth-order valence-electron chi connectivity index (χ4n) is 3.25. The van der Waals surface area contributed by atoms with Crippen LogP contribution < -0.4 is 5.32 Å². The molecule has 2 saturated heterocycles. The second-order valence-electron chi connectivity index (χ2n) is 5.38. The Morgan fingerprint density at radius 1 is 1.44 bits per heavy atom. The first kappa shape index (κ1) is 10.5. The van der Waals surface area contributed by atoms with E-state index in [0.29, 0.717) is 11.8 Å². The molecule has 2 aliphatic heterocycles. The van der Waals surface area contributed by atoms with Crippen LogP contribution in [0.1, 0.15) is 32.1 Å². The Balaban J connectivity index is 1.63. The van der Waals surface area contributed by atoms with Crippen molar-refractivity contribution in [3.8, 4) is 0 Å². The first-order valence-corrected chi connectivity index (χ1v) is 6.42. The van der Waals surface area contributed by atoms with Gasteiger partial charge in [0.1, 0.15) is 0 Å². The van der Waals surface area contributed by atoms with Crippen molar-refractivity contribution in [1.29, 1.82) is 0 Å². The molecule has 1 unspecified atom stereocenters. The van der Waals surface area contributed by atoms with Crippen LogP contribution in [0, 0.1) is 5.92 Å². The van der Waals surface area contributed by atoms with Crippen molar-refractivity contribution in [3.05, 3.63) is 0 Å². The van der Waals surface area contributed by atoms with Crippen molar-refractivity contribution in [1.82, 2.24) is 10.2 Å². The summed E-state index contributed by atoms with van der Waals surface area (Å²) in [5, 5.41) is 3.44. The van der Waals surface area contributed by atoms with Crippen LogP contribution >= 0.6 is 0 Å². The maximum atomic E-state index is 12.3. The van der Waals surface area contributed by atoms with Gasteiger partial charge in [-0.05, 0) is 19.3 Å². The maximum absolute atomic E-state index is 12.3. The summed E-state index contributed by atoms with van der Waals surface area (Å²) >= 11 is 0. The number of nitrogens with one attached hydrogen (secondary N) is 1. The monoisotopic (exact) mass is 224 g/mol. The van der Waals surface area contributed by atoms with Gasteiger partial charge in [-0.25, -0.2) is 0 Å². The molecule has 4 heteroatoms. The average Bonchev–Trinajstić information content (AvgIpc) is 2.99. The normalized spacial score (nSPS) is 33.1. The Kier molecular flexibility index (Phi) is 2.64. The van der Waals surface area contributed by atoms with Gasteiger partial charge in [-0.2, -0.15) is 0 Å². The minimum atomic E-state index is -0.181. The van der Waals surface area contributed by atoms with Crippen LogP contribution in [-0.2, 0) is 9.53 Å². The number of carbonyl (C=O) groups excluding carboxylic acids is 1. The molecule has 1 N–H and O–H groups in total. The number of hydrogen-bond donors (Lipinski definition) is 1. The molecular formula is C12H20N2O2. The average molecular weight is 224 g/mol. The lowest BCUT2D eigenvalue weighted by Crippen LogP contribution is -2.44. The Morgan fingerprint density at radius 2 is 2.25 bits per heavy atom. The third-order valence-electron chi connectivity index (χ3n) is 4.26. The van der Waals surface area contributed by atoms with Gasteiger partial charge >= 0.3 is 0 Å². The van der Waals surface area contributed by atoms with Gasteiger partial charge in [0.25, 0.3) is 0 Å². The molecule has 0 radical (unpaired) electrons. The summed E-state index contributed by atoms with van der Waals surface area (Å²) in [6, 6.07) is 0. The van der Waals surface area contributed by atoms with Crippen LogP contribution in [0.2, 0.25) is 0 Å². The lowest BCUT2D eigenvalue weighted by atomic mass is 9.97. The Bertz CT molecular complexity index is 281. The van der Waals surface area contributed by atoms with E-state index in [1.165, 1.54) is 12.8 Å². The lowest BCUT2D eigenvalue weighted by Gasteiger charge is -2.23. The number of carbonyl (C=O) groups is 1. The lowest BCUT2D eigenvalue weighted by molar-refractivity contribution is -0.132. The summed E-state index contributed by atoms with van der Waals surface area (Å²) in [4.78, 5) is 14.3. The Morgan fingerprint density at radius 3 is 2.94 bits per heavy atom. The van der Waals surface area contributed by atoms with Crippen LogP contribution in [0.3, 0.4) is 0 Å². The van der Waals surface area contributed by atoms with Crippen LogP contribution in [0.25, 0.3) is 0 Å². The molecule has 90 valence electrons. The molecule has 16 heavy (non-hydrogen) atoms. The van der Waals surface area contributed by atoms with Gasteiger partial charge in [0.15, 0.2) is 0 Å². The van der Waals surface area contributed by atoms with E-state index in [1.54, 1.807) is 0 Å². The molecule has 3 rings (SSSR count). The van der Waals surface area contributed by atoms with Crippen LogP contribution in [0.4, 0.5) is 0 Å². The molecule has 1 amide bonds. The van der Waals surface area contributed by atoms with E-state index in [0.717, 1.165) is 45.7 Å². The number of amides is 1. The van der Waals surface area contributed by atoms with Crippen molar-refractivity contribution < 1.29 is 9.53 Å². The Hall–Kier alpha value is -0.610. The van der Waals surface area contributed by atoms with Crippen LogP contribution in [0.5, 0.6) is 0 Å². The SMILES string of the molecule is O=C1N(CC2CCOC2)CNC12CCCC2. The number of rotatable bonds is 2. The van der Waals surface area contributed by atoms with Gasteiger partial charge in [-0.15, -0.1) is 0 Å². The molecule has 1 saturated carbocycles. The summed E-state index contributed by atoms with van der Waals surface area (Å²) in [6.45, 7) is 3.32. The van der Waals surface area contributed by atoms with Crippen molar-refractivity contribution in [2.24, 2.45) is 5.92 Å². The van der Waals surface area contributed by atoms with Gasteiger partial charge in [0, 0.05) is 19.1 Å². The van der Waals surface area contributed by atoms with E-state index in [2.05, 4.69) is 5.32 Å². The first-order chi connectivity index (χ1) is 7.80. The molecule has 0 aromatic rings. The molecule has 1 aliphatic carbocycles. The third kappa shape index (κ3) is 1.64. The van der Waals surface area contributed by atoms with E-state index in [1.807, 2.05) is 4.90 Å². The minimum absolute atomic E-state index is 0.181. The maximum Gasteiger partial charge on any atom is 0.243 e. The summed E-state index contributed by atoms with van der Waals surface area (Å²) in [5.41, 5.74) is -0.181. The van der Waals surface area contributed by atoms with Gasteiger partial charge in [-0.3, -0.25) is 10.1 Å². The van der Waals surface area contributed by atoms with Crippen molar-refractivity contribution >= 4 is 5.91 Å². The van der Waals surface area contributed by atoms with Gasteiger partial charge in [0.05, 0.1) is 18.8 Å². The van der Waals surface area contributed by atoms with Crippen molar-refractivity contribution in [3.63, 3.8) is 0 Å². The number of ether oxygens (including phenoxy) is 1. The van der Waals surface area contributed by atoms with E-state index < -0.39 is 0 Å². The Labute approximate surface area is 96.3 Å². The second kappa shape index (κ2) is 4.00. The highest BCUT2D eigenvalue weighted by atomic mass is 16.5. The van der Waals surface area contributed by atoms with Crippen molar-refractivity contribution in [2.75, 3.05) is 26.4 Å². The summed E-state index contributed by atoms with van der Waals surface area (Å²) in [5.74, 6) is 0.902. The molecule has 0 aromatic heterocycles. The highest BCUT2D eigenvalue weighted by Gasteiger charge is 2.48. The fraction of sp³-hybridized carbons (Fsp3) is 0.917. The molecule has 0 aromatic carbocycles.